The molecule has 0 aliphatic carbocycles. The summed E-state index contributed by atoms with van der Waals surface area (Å²) in [6, 6.07) is 6.96. The normalized spacial score (nSPS) is 12.8. The first-order valence-electron chi connectivity index (χ1n) is 11.9. The number of ether oxygens (including phenoxy) is 3. The van der Waals surface area contributed by atoms with E-state index in [1.54, 1.807) is 45.0 Å². The highest BCUT2D eigenvalue weighted by Gasteiger charge is 2.34. The van der Waals surface area contributed by atoms with Gasteiger partial charge in [0.25, 0.3) is 0 Å². The molecule has 3 aromatic rings. The average molecular weight is 550 g/mol. The Balaban J connectivity index is 1.89. The van der Waals surface area contributed by atoms with Crippen molar-refractivity contribution in [3.8, 4) is 17.0 Å². The second kappa shape index (κ2) is 11.2. The monoisotopic (exact) mass is 549 g/mol. The maximum Gasteiger partial charge on any atom is 0.332 e. The number of rotatable bonds is 7. The third-order valence-electron chi connectivity index (χ3n) is 5.27. The molecule has 0 spiro atoms. The Bertz CT molecular complexity index is 1290. The molecular weight excluding hydrogens is 516 g/mol. The van der Waals surface area contributed by atoms with Crippen molar-refractivity contribution in [3.05, 3.63) is 48.0 Å². The average Bonchev–Trinajstić information content (AvgIpc) is 3.20. The minimum atomic E-state index is -1.15. The van der Waals surface area contributed by atoms with Gasteiger partial charge in [-0.25, -0.2) is 18.4 Å². The molecule has 3 rings (SSSR count). The fourth-order valence-electron chi connectivity index (χ4n) is 3.51. The van der Waals surface area contributed by atoms with Gasteiger partial charge in [0.15, 0.2) is 17.7 Å². The number of anilines is 1. The highest BCUT2D eigenvalue weighted by Crippen LogP contribution is 2.33. The number of amides is 2. The van der Waals surface area contributed by atoms with E-state index in [-0.39, 0.29) is 12.3 Å². The molecule has 11 heteroatoms. The molecule has 2 aromatic carbocycles. The van der Waals surface area contributed by atoms with Crippen LogP contribution >= 0.6 is 12.8 Å². The highest BCUT2D eigenvalue weighted by atomic mass is 32.1. The van der Waals surface area contributed by atoms with Crippen LogP contribution in [0.25, 0.3) is 22.2 Å². The van der Waals surface area contributed by atoms with E-state index in [0.29, 0.717) is 27.9 Å². The number of halogens is 2. The van der Waals surface area contributed by atoms with Crippen LogP contribution in [0.15, 0.2) is 36.4 Å². The molecule has 1 unspecified atom stereocenters. The molecule has 0 aliphatic heterocycles. The molecule has 0 saturated heterocycles. The molecular formula is C27H33F2N3O5S. The van der Waals surface area contributed by atoms with Gasteiger partial charge in [-0.05, 0) is 71.9 Å². The summed E-state index contributed by atoms with van der Waals surface area (Å²) in [6.45, 7) is 10.5. The molecule has 2 N–H and O–H groups in total. The van der Waals surface area contributed by atoms with Gasteiger partial charge in [-0.3, -0.25) is 4.31 Å². The fraction of sp³-hybridized carbons (Fsp3) is 0.407. The molecule has 1 heterocycles. The lowest BCUT2D eigenvalue weighted by Gasteiger charge is -2.31. The van der Waals surface area contributed by atoms with Crippen LogP contribution < -0.4 is 10.1 Å². The molecule has 0 radical (unpaired) electrons. The lowest BCUT2D eigenvalue weighted by molar-refractivity contribution is -0.162. The molecule has 8 nitrogen and oxygen atoms in total. The van der Waals surface area contributed by atoms with Crippen LogP contribution in [0.1, 0.15) is 41.5 Å². The first kappa shape index (κ1) is 29.2. The summed E-state index contributed by atoms with van der Waals surface area (Å²) in [5.41, 5.74) is 0.518. The van der Waals surface area contributed by atoms with Crippen molar-refractivity contribution in [2.45, 2.75) is 58.8 Å². The Morgan fingerprint density at radius 1 is 1.03 bits per heavy atom. The van der Waals surface area contributed by atoms with Crippen molar-refractivity contribution in [1.29, 1.82) is 0 Å². The van der Waals surface area contributed by atoms with Gasteiger partial charge in [0.2, 0.25) is 0 Å². The number of fused-ring (bicyclic) bond motifs is 1. The van der Waals surface area contributed by atoms with Crippen molar-refractivity contribution in [3.63, 3.8) is 0 Å². The van der Waals surface area contributed by atoms with E-state index in [1.807, 2.05) is 20.8 Å². The van der Waals surface area contributed by atoms with Crippen molar-refractivity contribution >= 4 is 41.4 Å². The second-order valence-electron chi connectivity index (χ2n) is 10.7. The van der Waals surface area contributed by atoms with E-state index in [1.165, 1.54) is 7.11 Å². The Morgan fingerprint density at radius 2 is 1.68 bits per heavy atom. The van der Waals surface area contributed by atoms with Crippen LogP contribution in [0.5, 0.6) is 5.75 Å². The van der Waals surface area contributed by atoms with Crippen molar-refractivity contribution in [2.75, 3.05) is 19.0 Å². The number of methoxy groups -OCH3 is 1. The minimum absolute atomic E-state index is 0.144. The number of thiol groups is 1. The fourth-order valence-corrected chi connectivity index (χ4v) is 3.72. The number of esters is 1. The first-order valence-corrected chi connectivity index (χ1v) is 12.3. The van der Waals surface area contributed by atoms with E-state index >= 15 is 0 Å². The minimum Gasteiger partial charge on any atom is -0.495 e. The Morgan fingerprint density at radius 3 is 2.29 bits per heavy atom. The van der Waals surface area contributed by atoms with Gasteiger partial charge in [0.05, 0.1) is 25.0 Å². The van der Waals surface area contributed by atoms with Crippen LogP contribution in [0, 0.1) is 11.6 Å². The van der Waals surface area contributed by atoms with Gasteiger partial charge < -0.3 is 24.5 Å². The van der Waals surface area contributed by atoms with Crippen molar-refractivity contribution in [1.82, 2.24) is 9.29 Å². The highest BCUT2D eigenvalue weighted by molar-refractivity contribution is 7.78. The number of nitrogens with one attached hydrogen (secondary N) is 2. The number of carbonyl (C=O) groups excluding carboxylic acids is 2. The Hall–Kier alpha value is -3.31. The summed E-state index contributed by atoms with van der Waals surface area (Å²) in [5.74, 6) is -2.24. The maximum absolute atomic E-state index is 13.7. The molecule has 0 bridgehead atoms. The number of urea groups is 1. The maximum atomic E-state index is 13.7. The molecule has 0 saturated carbocycles. The predicted octanol–water partition coefficient (Wildman–Crippen LogP) is 6.33. The number of carbonyl (C=O) groups is 2. The number of nitrogens with zero attached hydrogens (tertiary/aromatic N) is 1. The topological polar surface area (TPSA) is 92.9 Å². The van der Waals surface area contributed by atoms with Gasteiger partial charge in [0.1, 0.15) is 11.4 Å². The molecule has 1 aromatic heterocycles. The van der Waals surface area contributed by atoms with E-state index in [2.05, 4.69) is 23.1 Å². The quantitative estimate of drug-likeness (QED) is 0.237. The lowest BCUT2D eigenvalue weighted by Crippen LogP contribution is -2.48. The number of aromatic nitrogens is 1. The van der Waals surface area contributed by atoms with Gasteiger partial charge in [0, 0.05) is 28.2 Å². The zero-order valence-corrected chi connectivity index (χ0v) is 23.3. The summed E-state index contributed by atoms with van der Waals surface area (Å²) in [7, 11) is 1.44. The molecule has 38 heavy (non-hydrogen) atoms. The zero-order valence-electron chi connectivity index (χ0n) is 22.4. The smallest absolute Gasteiger partial charge is 0.332 e. The van der Waals surface area contributed by atoms with Gasteiger partial charge in [-0.2, -0.15) is 0 Å². The van der Waals surface area contributed by atoms with Crippen LogP contribution in [0.4, 0.5) is 19.3 Å². The molecule has 2 amide bonds. The Labute approximate surface area is 226 Å². The van der Waals surface area contributed by atoms with Gasteiger partial charge in [-0.15, -0.1) is 0 Å². The summed E-state index contributed by atoms with van der Waals surface area (Å²) < 4.78 is 44.9. The summed E-state index contributed by atoms with van der Waals surface area (Å²) in [4.78, 5) is 29.2. The van der Waals surface area contributed by atoms with E-state index in [4.69, 9.17) is 14.2 Å². The summed E-state index contributed by atoms with van der Waals surface area (Å²) in [6.07, 6.45) is 0. The first-order chi connectivity index (χ1) is 17.6. The lowest BCUT2D eigenvalue weighted by atomic mass is 10.1. The number of aromatic amines is 1. The number of benzene rings is 2. The van der Waals surface area contributed by atoms with Crippen LogP contribution in [-0.2, 0) is 14.3 Å². The SMILES string of the molecule is COc1ccc(-c2cc3cc(F)c(F)cc3[nH]2)cc1NC(=O)N(S)C(COC(C)(C)C)C(=O)OC(C)(C)C. The molecule has 0 fully saturated rings. The largest absolute Gasteiger partial charge is 0.495 e. The van der Waals surface area contributed by atoms with Gasteiger partial charge in [-0.1, -0.05) is 12.8 Å². The van der Waals surface area contributed by atoms with Gasteiger partial charge >= 0.3 is 12.0 Å². The van der Waals surface area contributed by atoms with Crippen LogP contribution in [0.2, 0.25) is 0 Å². The van der Waals surface area contributed by atoms with E-state index in [0.717, 1.165) is 16.4 Å². The number of H-pyrrole nitrogens is 1. The summed E-state index contributed by atoms with van der Waals surface area (Å²) >= 11 is 4.30. The Kier molecular flexibility index (Phi) is 8.62. The van der Waals surface area contributed by atoms with E-state index < -0.39 is 40.9 Å². The second-order valence-corrected chi connectivity index (χ2v) is 11.1. The van der Waals surface area contributed by atoms with Crippen LogP contribution in [-0.4, -0.2) is 52.3 Å². The van der Waals surface area contributed by atoms with E-state index in [9.17, 15) is 18.4 Å². The third-order valence-corrected chi connectivity index (χ3v) is 5.73. The molecule has 0 aliphatic rings. The predicted molar refractivity (Wildman–Crippen MR) is 145 cm³/mol. The molecule has 1 atom stereocenters. The van der Waals surface area contributed by atoms with Crippen molar-refractivity contribution in [2.24, 2.45) is 0 Å². The molecule has 206 valence electrons. The zero-order chi connectivity index (χ0) is 28.4. The third kappa shape index (κ3) is 7.38. The summed E-state index contributed by atoms with van der Waals surface area (Å²) in [5, 5.41) is 3.19. The van der Waals surface area contributed by atoms with Crippen LogP contribution in [0.3, 0.4) is 0 Å². The standard InChI is InChI=1S/C27H33F2N3O5S/c1-26(2,3)36-14-22(24(33)37-27(4,5)6)32(38)25(34)31-21-11-15(8-9-23(21)35-7)19-12-16-10-17(28)18(29)13-20(16)30-19/h8-13,22,30,38H,14H2,1-7H3,(H,31,34). The number of hydrogen-bond donors (Lipinski definition) is 3. The van der Waals surface area contributed by atoms with Crippen molar-refractivity contribution < 1.29 is 32.6 Å². The number of hydrogen-bond acceptors (Lipinski definition) is 6.